The van der Waals surface area contributed by atoms with E-state index < -0.39 is 43.3 Å². The highest BCUT2D eigenvalue weighted by molar-refractivity contribution is 7.92. The first-order chi connectivity index (χ1) is 15.0. The van der Waals surface area contributed by atoms with E-state index in [1.165, 1.54) is 12.1 Å². The van der Waals surface area contributed by atoms with Crippen molar-refractivity contribution in [2.24, 2.45) is 5.41 Å². The van der Waals surface area contributed by atoms with Gasteiger partial charge >= 0.3 is 0 Å². The Labute approximate surface area is 190 Å². The van der Waals surface area contributed by atoms with Gasteiger partial charge in [-0.2, -0.15) is 4.39 Å². The van der Waals surface area contributed by atoms with Gasteiger partial charge in [0.1, 0.15) is 16.7 Å². The molecule has 2 atom stereocenters. The SMILES string of the molecule is CN(C)C1CCC[C@@]12CCN(c1cc(F)c(S(=O)(=O)Nc3cccc(F)n3)c(F)c1Cl)C2. The van der Waals surface area contributed by atoms with Crippen molar-refractivity contribution >= 4 is 33.1 Å². The third kappa shape index (κ3) is 4.04. The lowest BCUT2D eigenvalue weighted by Gasteiger charge is -2.36. The zero-order chi connectivity index (χ0) is 23.3. The van der Waals surface area contributed by atoms with Crippen LogP contribution in [-0.2, 0) is 10.0 Å². The van der Waals surface area contributed by atoms with Crippen LogP contribution in [-0.4, -0.2) is 51.5 Å². The fourth-order valence-corrected chi connectivity index (χ4v) is 6.67. The van der Waals surface area contributed by atoms with Crippen LogP contribution >= 0.6 is 11.6 Å². The number of hydrogen-bond acceptors (Lipinski definition) is 5. The van der Waals surface area contributed by atoms with E-state index in [4.69, 9.17) is 11.6 Å². The Morgan fingerprint density at radius 1 is 1.25 bits per heavy atom. The molecule has 1 unspecified atom stereocenters. The van der Waals surface area contributed by atoms with Crippen LogP contribution in [0.15, 0.2) is 29.2 Å². The van der Waals surface area contributed by atoms with Gasteiger partial charge in [-0.05, 0) is 45.5 Å². The summed E-state index contributed by atoms with van der Waals surface area (Å²) in [4.78, 5) is 6.16. The molecule has 1 spiro atoms. The number of rotatable bonds is 5. The molecule has 4 rings (SSSR count). The molecular formula is C21H24ClF3N4O2S. The van der Waals surface area contributed by atoms with Gasteiger partial charge in [-0.1, -0.05) is 24.1 Å². The summed E-state index contributed by atoms with van der Waals surface area (Å²) >= 11 is 6.22. The second kappa shape index (κ2) is 8.39. The summed E-state index contributed by atoms with van der Waals surface area (Å²) in [5.74, 6) is -4.00. The quantitative estimate of drug-likeness (QED) is 0.503. The molecule has 1 aliphatic heterocycles. The van der Waals surface area contributed by atoms with Crippen molar-refractivity contribution in [1.29, 1.82) is 0 Å². The first-order valence-electron chi connectivity index (χ1n) is 10.3. The van der Waals surface area contributed by atoms with Crippen LogP contribution in [0.5, 0.6) is 0 Å². The molecule has 2 heterocycles. The molecule has 1 aromatic carbocycles. The maximum absolute atomic E-state index is 15.1. The van der Waals surface area contributed by atoms with E-state index in [2.05, 4.69) is 9.88 Å². The number of nitrogens with zero attached hydrogens (tertiary/aromatic N) is 3. The zero-order valence-electron chi connectivity index (χ0n) is 17.7. The van der Waals surface area contributed by atoms with E-state index in [0.29, 0.717) is 19.1 Å². The largest absolute Gasteiger partial charge is 0.370 e. The molecule has 0 bridgehead atoms. The molecule has 1 saturated heterocycles. The summed E-state index contributed by atoms with van der Waals surface area (Å²) in [7, 11) is -0.666. The Hall–Kier alpha value is -2.04. The van der Waals surface area contributed by atoms with E-state index in [9.17, 15) is 17.2 Å². The van der Waals surface area contributed by atoms with Gasteiger partial charge in [0.05, 0.1) is 5.69 Å². The summed E-state index contributed by atoms with van der Waals surface area (Å²) < 4.78 is 70.5. The van der Waals surface area contributed by atoms with E-state index in [1.54, 1.807) is 0 Å². The Morgan fingerprint density at radius 2 is 2.00 bits per heavy atom. The van der Waals surface area contributed by atoms with Crippen molar-refractivity contribution in [3.8, 4) is 0 Å². The van der Waals surface area contributed by atoms with Gasteiger partial charge in [-0.25, -0.2) is 22.2 Å². The first-order valence-corrected chi connectivity index (χ1v) is 12.1. The summed E-state index contributed by atoms with van der Waals surface area (Å²) in [5, 5.41) is -0.463. The maximum atomic E-state index is 15.1. The van der Waals surface area contributed by atoms with Crippen LogP contribution in [0.2, 0.25) is 5.02 Å². The van der Waals surface area contributed by atoms with E-state index >= 15 is 4.39 Å². The smallest absolute Gasteiger partial charge is 0.268 e. The van der Waals surface area contributed by atoms with Crippen LogP contribution in [0.25, 0.3) is 0 Å². The zero-order valence-corrected chi connectivity index (χ0v) is 19.3. The van der Waals surface area contributed by atoms with Crippen molar-refractivity contribution < 1.29 is 21.6 Å². The third-order valence-corrected chi connectivity index (χ3v) is 8.28. The summed E-state index contributed by atoms with van der Waals surface area (Å²) in [6.07, 6.45) is 4.03. The summed E-state index contributed by atoms with van der Waals surface area (Å²) in [6.45, 7) is 1.16. The molecule has 32 heavy (non-hydrogen) atoms. The standard InChI is InChI=1S/C21H24ClF3N4O2S/c1-28(2)15-5-4-8-21(15)9-10-29(12-21)14-11-13(23)20(19(25)18(14)22)32(30,31)27-17-7-3-6-16(24)26-17/h3,6-7,11,15H,4-5,8-10,12H2,1-2H3,(H,26,27)/t15?,21-/m0/s1. The fourth-order valence-electron chi connectivity index (χ4n) is 5.20. The average molecular weight is 489 g/mol. The molecule has 1 aliphatic carbocycles. The van der Waals surface area contributed by atoms with Crippen molar-refractivity contribution in [1.82, 2.24) is 9.88 Å². The molecule has 2 aromatic rings. The Bertz CT molecular complexity index is 1150. The Kier molecular flexibility index (Phi) is 6.06. The Balaban J connectivity index is 1.65. The molecule has 174 valence electrons. The van der Waals surface area contributed by atoms with Crippen molar-refractivity contribution in [2.75, 3.05) is 36.8 Å². The minimum absolute atomic E-state index is 0.00906. The number of aromatic nitrogens is 1. The topological polar surface area (TPSA) is 65.5 Å². The summed E-state index contributed by atoms with van der Waals surface area (Å²) in [5.41, 5.74) is 0.139. The number of pyridine rings is 1. The highest BCUT2D eigenvalue weighted by Crippen LogP contribution is 2.49. The van der Waals surface area contributed by atoms with Gasteiger partial charge in [0, 0.05) is 30.6 Å². The highest BCUT2D eigenvalue weighted by Gasteiger charge is 2.48. The molecule has 1 N–H and O–H groups in total. The first kappa shape index (κ1) is 23.1. The minimum atomic E-state index is -4.74. The van der Waals surface area contributed by atoms with Crippen molar-refractivity contribution in [3.05, 3.63) is 46.9 Å². The molecule has 6 nitrogen and oxygen atoms in total. The second-order valence-electron chi connectivity index (χ2n) is 8.69. The number of anilines is 2. The predicted octanol–water partition coefficient (Wildman–Crippen LogP) is 4.26. The lowest BCUT2D eigenvalue weighted by Crippen LogP contribution is -2.42. The van der Waals surface area contributed by atoms with Crippen LogP contribution < -0.4 is 9.62 Å². The molecule has 2 fully saturated rings. The van der Waals surface area contributed by atoms with Crippen molar-refractivity contribution in [2.45, 2.75) is 36.6 Å². The molecule has 2 aliphatic rings. The third-order valence-electron chi connectivity index (χ3n) is 6.53. The highest BCUT2D eigenvalue weighted by atomic mass is 35.5. The van der Waals surface area contributed by atoms with Crippen LogP contribution in [0.4, 0.5) is 24.7 Å². The number of halogens is 4. The number of hydrogen-bond donors (Lipinski definition) is 1. The van der Waals surface area contributed by atoms with Gasteiger partial charge in [0.25, 0.3) is 10.0 Å². The van der Waals surface area contributed by atoms with E-state index in [0.717, 1.165) is 37.8 Å². The second-order valence-corrected chi connectivity index (χ2v) is 10.7. The Morgan fingerprint density at radius 3 is 2.69 bits per heavy atom. The number of sulfonamides is 1. The van der Waals surface area contributed by atoms with E-state index in [-0.39, 0.29) is 11.1 Å². The predicted molar refractivity (Wildman–Crippen MR) is 117 cm³/mol. The summed E-state index contributed by atoms with van der Waals surface area (Å²) in [6, 6.07) is 4.72. The van der Waals surface area contributed by atoms with Crippen LogP contribution in [0.3, 0.4) is 0 Å². The molecular weight excluding hydrogens is 465 g/mol. The molecule has 1 saturated carbocycles. The molecule has 0 radical (unpaired) electrons. The van der Waals surface area contributed by atoms with Crippen LogP contribution in [0.1, 0.15) is 25.7 Å². The van der Waals surface area contributed by atoms with Gasteiger partial charge in [0.15, 0.2) is 10.7 Å². The van der Waals surface area contributed by atoms with Crippen molar-refractivity contribution in [3.63, 3.8) is 0 Å². The fraction of sp³-hybridized carbons (Fsp3) is 0.476. The lowest BCUT2D eigenvalue weighted by molar-refractivity contribution is 0.153. The van der Waals surface area contributed by atoms with Crippen LogP contribution in [0, 0.1) is 23.0 Å². The lowest BCUT2D eigenvalue weighted by atomic mass is 9.81. The van der Waals surface area contributed by atoms with E-state index in [1.807, 2.05) is 23.7 Å². The van der Waals surface area contributed by atoms with Gasteiger partial charge in [0.2, 0.25) is 5.95 Å². The van der Waals surface area contributed by atoms with Gasteiger partial charge in [-0.3, -0.25) is 4.72 Å². The van der Waals surface area contributed by atoms with Gasteiger partial charge in [-0.15, -0.1) is 0 Å². The minimum Gasteiger partial charge on any atom is -0.370 e. The monoisotopic (exact) mass is 488 g/mol. The number of nitrogens with one attached hydrogen (secondary N) is 1. The molecule has 11 heteroatoms. The number of benzene rings is 1. The van der Waals surface area contributed by atoms with Gasteiger partial charge < -0.3 is 9.80 Å². The molecule has 0 amide bonds. The average Bonchev–Trinajstić information content (AvgIpc) is 3.31. The molecule has 1 aromatic heterocycles. The maximum Gasteiger partial charge on any atom is 0.268 e. The normalized spacial score (nSPS) is 23.5.